The van der Waals surface area contributed by atoms with Crippen molar-refractivity contribution in [2.75, 3.05) is 19.6 Å². The van der Waals surface area contributed by atoms with Crippen LogP contribution in [0.2, 0.25) is 0 Å². The average molecular weight is 369 g/mol. The number of carbonyl (C=O) groups is 1. The largest absolute Gasteiger partial charge is 0.356 e. The smallest absolute Gasteiger partial charge is 0.243 e. The van der Waals surface area contributed by atoms with E-state index < -0.39 is 10.0 Å². The molecule has 1 aromatic rings. The standard InChI is InChI=1S/C19H32N2O3S/c1-4-7-8-9-16-20-19(22)15-12-17-10-13-18(14-11-17)25(23,24)21(5-2)6-3/h10-11,13-14H,4-9,12,15-16H2,1-3H3,(H,20,22). The van der Waals surface area contributed by atoms with Crippen molar-refractivity contribution >= 4 is 15.9 Å². The number of unbranched alkanes of at least 4 members (excludes halogenated alkanes) is 3. The molecule has 5 nitrogen and oxygen atoms in total. The fraction of sp³-hybridized carbons (Fsp3) is 0.632. The third-order valence-corrected chi connectivity index (χ3v) is 6.32. The van der Waals surface area contributed by atoms with E-state index in [0.717, 1.165) is 24.9 Å². The zero-order valence-corrected chi connectivity index (χ0v) is 16.6. The highest BCUT2D eigenvalue weighted by atomic mass is 32.2. The molecule has 0 spiro atoms. The second kappa shape index (κ2) is 11.3. The summed E-state index contributed by atoms with van der Waals surface area (Å²) in [6, 6.07) is 6.85. The number of nitrogens with zero attached hydrogens (tertiary/aromatic N) is 1. The molecule has 1 rings (SSSR count). The van der Waals surface area contributed by atoms with Gasteiger partial charge < -0.3 is 5.32 Å². The first-order chi connectivity index (χ1) is 12.0. The Labute approximate surface area is 152 Å². The molecule has 0 saturated carbocycles. The minimum Gasteiger partial charge on any atom is -0.356 e. The highest BCUT2D eigenvalue weighted by Gasteiger charge is 2.21. The van der Waals surface area contributed by atoms with Crippen molar-refractivity contribution in [1.82, 2.24) is 9.62 Å². The van der Waals surface area contributed by atoms with E-state index in [1.807, 2.05) is 13.8 Å². The Kier molecular flexibility index (Phi) is 9.75. The van der Waals surface area contributed by atoms with Gasteiger partial charge in [0.15, 0.2) is 0 Å². The summed E-state index contributed by atoms with van der Waals surface area (Å²) in [5.41, 5.74) is 0.972. The van der Waals surface area contributed by atoms with Crippen molar-refractivity contribution < 1.29 is 13.2 Å². The lowest BCUT2D eigenvalue weighted by molar-refractivity contribution is -0.121. The molecule has 1 aromatic carbocycles. The number of amides is 1. The Morgan fingerprint density at radius 1 is 1.00 bits per heavy atom. The molecule has 0 aliphatic carbocycles. The first-order valence-corrected chi connectivity index (χ1v) is 10.8. The molecule has 0 unspecified atom stereocenters. The van der Waals surface area contributed by atoms with Gasteiger partial charge in [-0.2, -0.15) is 4.31 Å². The van der Waals surface area contributed by atoms with Gasteiger partial charge in [0.05, 0.1) is 4.90 Å². The third-order valence-electron chi connectivity index (χ3n) is 4.26. The van der Waals surface area contributed by atoms with E-state index in [1.54, 1.807) is 24.3 Å². The first-order valence-electron chi connectivity index (χ1n) is 9.31. The van der Waals surface area contributed by atoms with Gasteiger partial charge in [0.2, 0.25) is 15.9 Å². The van der Waals surface area contributed by atoms with Gasteiger partial charge in [-0.15, -0.1) is 0 Å². The molecule has 0 fully saturated rings. The van der Waals surface area contributed by atoms with Gasteiger partial charge in [-0.1, -0.05) is 52.2 Å². The number of rotatable bonds is 12. The summed E-state index contributed by atoms with van der Waals surface area (Å²) >= 11 is 0. The number of hydrogen-bond acceptors (Lipinski definition) is 3. The zero-order valence-electron chi connectivity index (χ0n) is 15.8. The van der Waals surface area contributed by atoms with Gasteiger partial charge in [-0.3, -0.25) is 4.79 Å². The van der Waals surface area contributed by atoms with E-state index in [2.05, 4.69) is 12.2 Å². The molecular weight excluding hydrogens is 336 g/mol. The van der Waals surface area contributed by atoms with Crippen LogP contribution in [0.15, 0.2) is 29.2 Å². The monoisotopic (exact) mass is 368 g/mol. The van der Waals surface area contributed by atoms with E-state index in [-0.39, 0.29) is 5.91 Å². The summed E-state index contributed by atoms with van der Waals surface area (Å²) < 4.78 is 26.3. The Bertz CT molecular complexity index is 608. The normalized spacial score (nSPS) is 11.7. The maximum atomic E-state index is 12.4. The van der Waals surface area contributed by atoms with E-state index >= 15 is 0 Å². The predicted octanol–water partition coefficient (Wildman–Crippen LogP) is 3.35. The highest BCUT2D eigenvalue weighted by Crippen LogP contribution is 2.16. The molecule has 0 aromatic heterocycles. The van der Waals surface area contributed by atoms with Crippen LogP contribution in [0.1, 0.15) is 58.4 Å². The summed E-state index contributed by atoms with van der Waals surface area (Å²) in [6.45, 7) is 7.47. The van der Waals surface area contributed by atoms with Crippen molar-refractivity contribution in [1.29, 1.82) is 0 Å². The van der Waals surface area contributed by atoms with Crippen LogP contribution in [0.25, 0.3) is 0 Å². The molecule has 1 N–H and O–H groups in total. The Morgan fingerprint density at radius 3 is 2.20 bits per heavy atom. The van der Waals surface area contributed by atoms with Crippen molar-refractivity contribution in [2.24, 2.45) is 0 Å². The van der Waals surface area contributed by atoms with E-state index in [4.69, 9.17) is 0 Å². The van der Waals surface area contributed by atoms with E-state index in [9.17, 15) is 13.2 Å². The van der Waals surface area contributed by atoms with Gasteiger partial charge in [-0.05, 0) is 30.5 Å². The van der Waals surface area contributed by atoms with Gasteiger partial charge >= 0.3 is 0 Å². The lowest BCUT2D eigenvalue weighted by atomic mass is 10.1. The Balaban J connectivity index is 2.48. The third kappa shape index (κ3) is 7.16. The molecule has 0 aliphatic rings. The average Bonchev–Trinajstić information content (AvgIpc) is 2.61. The molecule has 0 bridgehead atoms. The molecule has 0 heterocycles. The Morgan fingerprint density at radius 2 is 1.64 bits per heavy atom. The number of aryl methyl sites for hydroxylation is 1. The minimum atomic E-state index is -3.41. The lowest BCUT2D eigenvalue weighted by Gasteiger charge is -2.18. The molecule has 1 amide bonds. The number of carbonyl (C=O) groups excluding carboxylic acids is 1. The number of nitrogens with one attached hydrogen (secondary N) is 1. The molecule has 0 saturated heterocycles. The van der Waals surface area contributed by atoms with Crippen molar-refractivity contribution in [3.8, 4) is 0 Å². The summed E-state index contributed by atoms with van der Waals surface area (Å²) in [6.07, 6.45) is 5.62. The number of benzene rings is 1. The molecule has 142 valence electrons. The summed E-state index contributed by atoms with van der Waals surface area (Å²) in [4.78, 5) is 12.1. The number of hydrogen-bond donors (Lipinski definition) is 1. The predicted molar refractivity (Wildman–Crippen MR) is 102 cm³/mol. The maximum Gasteiger partial charge on any atom is 0.243 e. The van der Waals surface area contributed by atoms with Crippen LogP contribution in [-0.4, -0.2) is 38.3 Å². The molecule has 6 heteroatoms. The molecular formula is C19H32N2O3S. The summed E-state index contributed by atoms with van der Waals surface area (Å²) in [7, 11) is -3.41. The highest BCUT2D eigenvalue weighted by molar-refractivity contribution is 7.89. The van der Waals surface area contributed by atoms with Crippen molar-refractivity contribution in [3.63, 3.8) is 0 Å². The SMILES string of the molecule is CCCCCCNC(=O)CCc1ccc(S(=O)(=O)N(CC)CC)cc1. The van der Waals surface area contributed by atoms with Gasteiger partial charge in [0, 0.05) is 26.1 Å². The van der Waals surface area contributed by atoms with Crippen LogP contribution in [0.4, 0.5) is 0 Å². The van der Waals surface area contributed by atoms with Gasteiger partial charge in [0.25, 0.3) is 0 Å². The van der Waals surface area contributed by atoms with Crippen LogP contribution in [0, 0.1) is 0 Å². The van der Waals surface area contributed by atoms with Crippen molar-refractivity contribution in [3.05, 3.63) is 29.8 Å². The quantitative estimate of drug-likeness (QED) is 0.575. The first kappa shape index (κ1) is 21.6. The van der Waals surface area contributed by atoms with Crippen LogP contribution in [-0.2, 0) is 21.2 Å². The zero-order chi connectivity index (χ0) is 18.7. The lowest BCUT2D eigenvalue weighted by Crippen LogP contribution is -2.30. The molecule has 0 radical (unpaired) electrons. The molecule has 0 atom stereocenters. The summed E-state index contributed by atoms with van der Waals surface area (Å²) in [5, 5.41) is 2.94. The van der Waals surface area contributed by atoms with Crippen LogP contribution >= 0.6 is 0 Å². The van der Waals surface area contributed by atoms with E-state index in [1.165, 1.54) is 17.1 Å². The molecule has 25 heavy (non-hydrogen) atoms. The minimum absolute atomic E-state index is 0.0522. The molecule has 0 aliphatic heterocycles. The van der Waals surface area contributed by atoms with Crippen LogP contribution in [0.5, 0.6) is 0 Å². The fourth-order valence-corrected chi connectivity index (χ4v) is 4.12. The second-order valence-electron chi connectivity index (χ2n) is 6.14. The van der Waals surface area contributed by atoms with Gasteiger partial charge in [0.1, 0.15) is 0 Å². The number of sulfonamides is 1. The van der Waals surface area contributed by atoms with Crippen LogP contribution < -0.4 is 5.32 Å². The van der Waals surface area contributed by atoms with Crippen LogP contribution in [0.3, 0.4) is 0 Å². The summed E-state index contributed by atoms with van der Waals surface area (Å²) in [5.74, 6) is 0.0522. The maximum absolute atomic E-state index is 12.4. The van der Waals surface area contributed by atoms with Crippen molar-refractivity contribution in [2.45, 2.75) is 64.2 Å². The van der Waals surface area contributed by atoms with E-state index in [0.29, 0.717) is 30.8 Å². The Hall–Kier alpha value is -1.40. The fourth-order valence-electron chi connectivity index (χ4n) is 2.67. The van der Waals surface area contributed by atoms with Gasteiger partial charge in [-0.25, -0.2) is 8.42 Å². The topological polar surface area (TPSA) is 66.5 Å². The second-order valence-corrected chi connectivity index (χ2v) is 8.08.